The summed E-state index contributed by atoms with van der Waals surface area (Å²) in [7, 11) is 1.25. The van der Waals surface area contributed by atoms with Gasteiger partial charge < -0.3 is 25.0 Å². The molecule has 1 spiro atoms. The lowest BCUT2D eigenvalue weighted by atomic mass is 9.64. The number of ether oxygens (including phenoxy) is 2. The van der Waals surface area contributed by atoms with Crippen molar-refractivity contribution in [2.75, 3.05) is 50.2 Å². The van der Waals surface area contributed by atoms with E-state index < -0.39 is 30.0 Å². The van der Waals surface area contributed by atoms with Gasteiger partial charge in [-0.05, 0) is 30.6 Å². The van der Waals surface area contributed by atoms with Gasteiger partial charge in [-0.2, -0.15) is 0 Å². The molecule has 4 amide bonds. The molecule has 2 aliphatic heterocycles. The van der Waals surface area contributed by atoms with Crippen LogP contribution in [0.25, 0.3) is 0 Å². The van der Waals surface area contributed by atoms with Gasteiger partial charge in [0.2, 0.25) is 5.91 Å². The van der Waals surface area contributed by atoms with E-state index in [1.807, 2.05) is 4.90 Å². The number of anilines is 2. The van der Waals surface area contributed by atoms with Crippen LogP contribution in [-0.2, 0) is 19.1 Å². The quantitative estimate of drug-likeness (QED) is 0.469. The number of aromatic nitrogens is 1. The molecule has 2 atom stereocenters. The summed E-state index contributed by atoms with van der Waals surface area (Å²) in [6.07, 6.45) is 2.03. The molecule has 0 bridgehead atoms. The molecule has 2 unspecified atom stereocenters. The molecular weight excluding hydrogens is 462 g/mol. The minimum Gasteiger partial charge on any atom is -0.465 e. The van der Waals surface area contributed by atoms with E-state index in [1.165, 1.54) is 7.11 Å². The number of urea groups is 1. The van der Waals surface area contributed by atoms with Crippen molar-refractivity contribution in [3.63, 3.8) is 0 Å². The molecule has 3 heterocycles. The third kappa shape index (κ3) is 4.74. The van der Waals surface area contributed by atoms with E-state index in [9.17, 15) is 19.2 Å². The highest BCUT2D eigenvalue weighted by Gasteiger charge is 2.56. The highest BCUT2D eigenvalue weighted by atomic mass is 32.1. The molecule has 1 aliphatic carbocycles. The highest BCUT2D eigenvalue weighted by Crippen LogP contribution is 2.46. The zero-order valence-corrected chi connectivity index (χ0v) is 20.8. The fourth-order valence-electron chi connectivity index (χ4n) is 5.48. The van der Waals surface area contributed by atoms with E-state index in [-0.39, 0.29) is 27.9 Å². The predicted octanol–water partition coefficient (Wildman–Crippen LogP) is 1.84. The Morgan fingerprint density at radius 3 is 2.62 bits per heavy atom. The number of carbonyl (C=O) groups excluding carboxylic acids is 4. The van der Waals surface area contributed by atoms with Gasteiger partial charge in [-0.15, -0.1) is 0 Å². The van der Waals surface area contributed by atoms with Crippen LogP contribution in [0.2, 0.25) is 0 Å². The summed E-state index contributed by atoms with van der Waals surface area (Å²) < 4.78 is 10.2. The van der Waals surface area contributed by atoms with Crippen LogP contribution in [0.1, 0.15) is 49.7 Å². The molecule has 0 aromatic carbocycles. The number of morpholine rings is 1. The maximum atomic E-state index is 13.3. The summed E-state index contributed by atoms with van der Waals surface area (Å²) in [5, 5.41) is 6.02. The number of nitrogens with zero attached hydrogens (tertiary/aromatic N) is 3. The molecule has 34 heavy (non-hydrogen) atoms. The summed E-state index contributed by atoms with van der Waals surface area (Å²) in [5.41, 5.74) is -1.09. The maximum absolute atomic E-state index is 13.3. The van der Waals surface area contributed by atoms with Crippen molar-refractivity contribution in [2.45, 2.75) is 45.6 Å². The molecule has 186 valence electrons. The zero-order valence-electron chi connectivity index (χ0n) is 19.9. The highest BCUT2D eigenvalue weighted by molar-refractivity contribution is 7.18. The van der Waals surface area contributed by atoms with E-state index >= 15 is 0 Å². The van der Waals surface area contributed by atoms with Crippen LogP contribution < -0.4 is 15.5 Å². The largest absolute Gasteiger partial charge is 0.465 e. The van der Waals surface area contributed by atoms with Gasteiger partial charge in [-0.1, -0.05) is 32.1 Å². The Labute approximate surface area is 202 Å². The first-order valence-corrected chi connectivity index (χ1v) is 12.2. The molecule has 12 heteroatoms. The number of hydrogen-bond donors (Lipinski definition) is 2. The predicted molar refractivity (Wildman–Crippen MR) is 125 cm³/mol. The average Bonchev–Trinajstić information content (AvgIpc) is 3.27. The molecule has 11 nitrogen and oxygen atoms in total. The van der Waals surface area contributed by atoms with Gasteiger partial charge in [0.25, 0.3) is 5.91 Å². The van der Waals surface area contributed by atoms with Crippen molar-refractivity contribution in [1.82, 2.24) is 15.2 Å². The number of carbonyl (C=O) groups is 4. The molecule has 1 saturated carbocycles. The second kappa shape index (κ2) is 9.14. The number of hydrogen-bond acceptors (Lipinski definition) is 9. The summed E-state index contributed by atoms with van der Waals surface area (Å²) in [4.78, 5) is 58.6. The first-order chi connectivity index (χ1) is 16.0. The Balaban J connectivity index is 1.49. The Hall–Kier alpha value is -2.73. The van der Waals surface area contributed by atoms with E-state index in [4.69, 9.17) is 9.47 Å². The molecule has 1 aromatic rings. The number of nitrogens with one attached hydrogen (secondary N) is 2. The maximum Gasteiger partial charge on any atom is 0.352 e. The Morgan fingerprint density at radius 1 is 1.26 bits per heavy atom. The Morgan fingerprint density at radius 2 is 1.97 bits per heavy atom. The molecular formula is C22H31N5O6S. The third-order valence-corrected chi connectivity index (χ3v) is 7.55. The lowest BCUT2D eigenvalue weighted by molar-refractivity contribution is -0.136. The summed E-state index contributed by atoms with van der Waals surface area (Å²) >= 11 is 1.11. The summed E-state index contributed by atoms with van der Waals surface area (Å²) in [6, 6.07) is -0.578. The molecule has 0 radical (unpaired) electrons. The van der Waals surface area contributed by atoms with Gasteiger partial charge in [-0.25, -0.2) is 14.6 Å². The lowest BCUT2D eigenvalue weighted by Gasteiger charge is -2.43. The number of thiazole rings is 1. The van der Waals surface area contributed by atoms with Gasteiger partial charge in [0, 0.05) is 13.1 Å². The topological polar surface area (TPSA) is 130 Å². The van der Waals surface area contributed by atoms with Crippen molar-refractivity contribution in [1.29, 1.82) is 0 Å². The Bertz CT molecular complexity index is 1000. The van der Waals surface area contributed by atoms with Gasteiger partial charge >= 0.3 is 12.0 Å². The van der Waals surface area contributed by atoms with Crippen molar-refractivity contribution >= 4 is 46.1 Å². The average molecular weight is 494 g/mol. The fourth-order valence-corrected chi connectivity index (χ4v) is 6.47. The minimum atomic E-state index is -0.986. The molecule has 4 rings (SSSR count). The van der Waals surface area contributed by atoms with Crippen LogP contribution in [0.4, 0.5) is 15.7 Å². The number of methoxy groups -OCH3 is 1. The third-order valence-electron chi connectivity index (χ3n) is 6.45. The first-order valence-electron chi connectivity index (χ1n) is 11.4. The monoisotopic (exact) mass is 493 g/mol. The smallest absolute Gasteiger partial charge is 0.352 e. The van der Waals surface area contributed by atoms with Crippen molar-refractivity contribution in [2.24, 2.45) is 11.3 Å². The van der Waals surface area contributed by atoms with Gasteiger partial charge in [0.05, 0.1) is 20.3 Å². The second-order valence-corrected chi connectivity index (χ2v) is 11.0. The van der Waals surface area contributed by atoms with Crippen molar-refractivity contribution in [3.8, 4) is 0 Å². The van der Waals surface area contributed by atoms with Gasteiger partial charge in [0.1, 0.15) is 12.1 Å². The number of imide groups is 1. The van der Waals surface area contributed by atoms with Crippen LogP contribution >= 0.6 is 11.3 Å². The fraction of sp³-hybridized carbons (Fsp3) is 0.682. The van der Waals surface area contributed by atoms with E-state index in [1.54, 1.807) is 0 Å². The molecule has 3 fully saturated rings. The number of amides is 4. The van der Waals surface area contributed by atoms with E-state index in [2.05, 4.69) is 36.4 Å². The van der Waals surface area contributed by atoms with Gasteiger partial charge in [-0.3, -0.25) is 14.5 Å². The molecule has 2 N–H and O–H groups in total. The van der Waals surface area contributed by atoms with Crippen LogP contribution in [0, 0.1) is 11.3 Å². The number of rotatable bonds is 5. The van der Waals surface area contributed by atoms with Crippen LogP contribution in [0.3, 0.4) is 0 Å². The summed E-state index contributed by atoms with van der Waals surface area (Å²) in [6.45, 7) is 8.08. The summed E-state index contributed by atoms with van der Waals surface area (Å²) in [5.74, 6) is -1.31. The normalized spacial score (nSPS) is 26.5. The van der Waals surface area contributed by atoms with E-state index in [0.717, 1.165) is 22.7 Å². The van der Waals surface area contributed by atoms with Crippen LogP contribution in [0.5, 0.6) is 0 Å². The SMILES string of the molecule is COC(=O)c1sc(N2CCOCC2)nc1NC(=O)CN1C(=O)NC2(CC(C)CC(C)(C)C2)C1=O. The lowest BCUT2D eigenvalue weighted by Crippen LogP contribution is -2.54. The molecule has 1 aromatic heterocycles. The second-order valence-electron chi connectivity index (χ2n) is 10.1. The van der Waals surface area contributed by atoms with Crippen molar-refractivity contribution < 1.29 is 28.7 Å². The zero-order chi connectivity index (χ0) is 24.7. The van der Waals surface area contributed by atoms with E-state index in [0.29, 0.717) is 44.3 Å². The number of esters is 1. The van der Waals surface area contributed by atoms with Crippen molar-refractivity contribution in [3.05, 3.63) is 4.88 Å². The van der Waals surface area contributed by atoms with Crippen LogP contribution in [0.15, 0.2) is 0 Å². The molecule has 3 aliphatic rings. The minimum absolute atomic E-state index is 0.0533. The van der Waals surface area contributed by atoms with Gasteiger partial charge in [0.15, 0.2) is 15.8 Å². The first kappa shape index (κ1) is 24.4. The Kier molecular flexibility index (Phi) is 6.56. The standard InChI is InChI=1S/C22H31N5O6S/c1-13-9-21(2,3)12-22(10-13)18(30)27(19(31)25-22)11-14(28)23-16-15(17(29)32-4)34-20(24-16)26-5-7-33-8-6-26/h13H,5-12H2,1-4H3,(H,23,28)(H,25,31). The molecule has 2 saturated heterocycles. The van der Waals surface area contributed by atoms with Crippen LogP contribution in [-0.4, -0.2) is 79.2 Å².